The number of carbonyl (C=O) groups excluding carboxylic acids is 1. The van der Waals surface area contributed by atoms with Gasteiger partial charge in [-0.3, -0.25) is 10.2 Å². The van der Waals surface area contributed by atoms with Crippen molar-refractivity contribution in [2.75, 3.05) is 27.2 Å². The Labute approximate surface area is 118 Å². The maximum atomic E-state index is 11.6. The second-order valence-electron chi connectivity index (χ2n) is 5.22. The number of nitrogens with one attached hydrogen (secondary N) is 1. The number of hydrogen-bond acceptors (Lipinski definition) is 5. The zero-order chi connectivity index (χ0) is 13.8. The molecule has 1 aliphatic heterocycles. The molecule has 0 aliphatic carbocycles. The number of amides is 1. The summed E-state index contributed by atoms with van der Waals surface area (Å²) in [5, 5.41) is 1.94. The summed E-state index contributed by atoms with van der Waals surface area (Å²) in [5.74, 6) is 5.00. The van der Waals surface area contributed by atoms with Gasteiger partial charge in [0.1, 0.15) is 0 Å². The minimum atomic E-state index is -0.198. The van der Waals surface area contributed by atoms with Crippen LogP contribution in [-0.4, -0.2) is 48.9 Å². The SMILES string of the molecule is CN(Cc1ccsc1C(=O)NN)CC1CCCN1C. The number of nitrogens with zero attached hydrogens (tertiary/aromatic N) is 2. The van der Waals surface area contributed by atoms with Crippen LogP contribution in [0, 0.1) is 0 Å². The second-order valence-corrected chi connectivity index (χ2v) is 6.14. The molecule has 1 atom stereocenters. The van der Waals surface area contributed by atoms with Gasteiger partial charge in [0.25, 0.3) is 5.91 Å². The van der Waals surface area contributed by atoms with Crippen LogP contribution in [0.5, 0.6) is 0 Å². The zero-order valence-corrected chi connectivity index (χ0v) is 12.4. The summed E-state index contributed by atoms with van der Waals surface area (Å²) >= 11 is 1.44. The summed E-state index contributed by atoms with van der Waals surface area (Å²) in [6.45, 7) is 3.02. The van der Waals surface area contributed by atoms with Crippen molar-refractivity contribution in [3.8, 4) is 0 Å². The van der Waals surface area contributed by atoms with Gasteiger partial charge in [0.05, 0.1) is 4.88 Å². The van der Waals surface area contributed by atoms with E-state index in [2.05, 4.69) is 29.3 Å². The Hall–Kier alpha value is -0.950. The topological polar surface area (TPSA) is 61.6 Å². The van der Waals surface area contributed by atoms with Gasteiger partial charge >= 0.3 is 0 Å². The zero-order valence-electron chi connectivity index (χ0n) is 11.6. The Bertz CT molecular complexity index is 434. The Morgan fingerprint density at radius 3 is 3.11 bits per heavy atom. The van der Waals surface area contributed by atoms with Gasteiger partial charge in [-0.1, -0.05) is 0 Å². The van der Waals surface area contributed by atoms with Crippen molar-refractivity contribution < 1.29 is 4.79 Å². The van der Waals surface area contributed by atoms with Crippen LogP contribution in [0.1, 0.15) is 28.1 Å². The highest BCUT2D eigenvalue weighted by Gasteiger charge is 2.22. The fraction of sp³-hybridized carbons (Fsp3) is 0.615. The summed E-state index contributed by atoms with van der Waals surface area (Å²) in [5.41, 5.74) is 3.26. The van der Waals surface area contributed by atoms with Gasteiger partial charge < -0.3 is 9.80 Å². The highest BCUT2D eigenvalue weighted by atomic mass is 32.1. The van der Waals surface area contributed by atoms with Crippen LogP contribution >= 0.6 is 11.3 Å². The Kier molecular flexibility index (Phi) is 4.93. The Morgan fingerprint density at radius 1 is 1.68 bits per heavy atom. The van der Waals surface area contributed by atoms with E-state index in [0.717, 1.165) is 18.7 Å². The second kappa shape index (κ2) is 6.47. The molecule has 1 unspecified atom stereocenters. The Morgan fingerprint density at radius 2 is 2.47 bits per heavy atom. The third-order valence-corrected chi connectivity index (χ3v) is 4.67. The monoisotopic (exact) mass is 282 g/mol. The molecule has 0 bridgehead atoms. The molecule has 1 fully saturated rings. The molecule has 106 valence electrons. The number of hydrazine groups is 1. The molecular formula is C13H22N4OS. The normalized spacial score (nSPS) is 20.1. The van der Waals surface area contributed by atoms with Crippen molar-refractivity contribution in [3.05, 3.63) is 21.9 Å². The molecule has 0 aromatic carbocycles. The lowest BCUT2D eigenvalue weighted by atomic mass is 10.2. The van der Waals surface area contributed by atoms with Gasteiger partial charge in [-0.15, -0.1) is 11.3 Å². The smallest absolute Gasteiger partial charge is 0.275 e. The van der Waals surface area contributed by atoms with Crippen molar-refractivity contribution in [2.24, 2.45) is 5.84 Å². The molecule has 1 aromatic rings. The molecule has 1 saturated heterocycles. The van der Waals surface area contributed by atoms with E-state index in [1.807, 2.05) is 11.4 Å². The number of likely N-dealkylation sites (N-methyl/N-ethyl adjacent to an activating group) is 2. The van der Waals surface area contributed by atoms with Crippen molar-refractivity contribution in [1.82, 2.24) is 15.2 Å². The summed E-state index contributed by atoms with van der Waals surface area (Å²) in [7, 11) is 4.29. The molecule has 0 saturated carbocycles. The first-order chi connectivity index (χ1) is 9.11. The molecule has 1 amide bonds. The number of carbonyl (C=O) groups is 1. The third kappa shape index (κ3) is 3.54. The van der Waals surface area contributed by atoms with E-state index in [4.69, 9.17) is 5.84 Å². The predicted octanol–water partition coefficient (Wildman–Crippen LogP) is 0.878. The molecule has 5 nitrogen and oxygen atoms in total. The molecule has 0 spiro atoms. The predicted molar refractivity (Wildman–Crippen MR) is 78.0 cm³/mol. The number of nitrogen functional groups attached to an aromatic ring is 1. The highest BCUT2D eigenvalue weighted by Crippen LogP contribution is 2.20. The number of hydrogen-bond donors (Lipinski definition) is 2. The summed E-state index contributed by atoms with van der Waals surface area (Å²) in [6, 6.07) is 2.64. The lowest BCUT2D eigenvalue weighted by molar-refractivity contribution is 0.0956. The molecule has 0 radical (unpaired) electrons. The van der Waals surface area contributed by atoms with E-state index >= 15 is 0 Å². The standard InChI is InChI=1S/C13H22N4OS/c1-16(9-11-4-3-6-17(11)2)8-10-5-7-19-12(10)13(18)15-14/h5,7,11H,3-4,6,8-9,14H2,1-2H3,(H,15,18). The van der Waals surface area contributed by atoms with Gasteiger partial charge in [0.2, 0.25) is 0 Å². The maximum absolute atomic E-state index is 11.6. The quantitative estimate of drug-likeness (QED) is 0.478. The average Bonchev–Trinajstić information content (AvgIpc) is 2.99. The first kappa shape index (κ1) is 14.5. The number of rotatable bonds is 5. The van der Waals surface area contributed by atoms with Gasteiger partial charge in [-0.2, -0.15) is 0 Å². The molecule has 6 heteroatoms. The summed E-state index contributed by atoms with van der Waals surface area (Å²) < 4.78 is 0. The Balaban J connectivity index is 1.93. The van der Waals surface area contributed by atoms with Gasteiger partial charge in [-0.25, -0.2) is 5.84 Å². The van der Waals surface area contributed by atoms with Gasteiger partial charge in [-0.05, 0) is 50.5 Å². The van der Waals surface area contributed by atoms with Crippen molar-refractivity contribution >= 4 is 17.2 Å². The van der Waals surface area contributed by atoms with Crippen LogP contribution in [0.25, 0.3) is 0 Å². The molecule has 1 aromatic heterocycles. The van der Waals surface area contributed by atoms with Gasteiger partial charge in [0.15, 0.2) is 0 Å². The first-order valence-electron chi connectivity index (χ1n) is 6.58. The van der Waals surface area contributed by atoms with Crippen molar-refractivity contribution in [1.29, 1.82) is 0 Å². The fourth-order valence-electron chi connectivity index (χ4n) is 2.65. The summed E-state index contributed by atoms with van der Waals surface area (Å²) in [6.07, 6.45) is 2.55. The van der Waals surface area contributed by atoms with E-state index in [9.17, 15) is 4.79 Å². The average molecular weight is 282 g/mol. The van der Waals surface area contributed by atoms with Gasteiger partial charge in [0, 0.05) is 19.1 Å². The minimum absolute atomic E-state index is 0.198. The van der Waals surface area contributed by atoms with Crippen LogP contribution in [0.3, 0.4) is 0 Å². The van der Waals surface area contributed by atoms with E-state index < -0.39 is 0 Å². The minimum Gasteiger partial charge on any atom is -0.302 e. The molecule has 2 heterocycles. The number of thiophene rings is 1. The lowest BCUT2D eigenvalue weighted by Crippen LogP contribution is -2.36. The third-order valence-electron chi connectivity index (χ3n) is 3.72. The fourth-order valence-corrected chi connectivity index (χ4v) is 3.47. The van der Waals surface area contributed by atoms with Crippen molar-refractivity contribution in [2.45, 2.75) is 25.4 Å². The molecule has 19 heavy (non-hydrogen) atoms. The van der Waals surface area contributed by atoms with Crippen LogP contribution in [0.15, 0.2) is 11.4 Å². The molecule has 2 rings (SSSR count). The maximum Gasteiger partial charge on any atom is 0.275 e. The number of nitrogens with two attached hydrogens (primary N) is 1. The summed E-state index contributed by atoms with van der Waals surface area (Å²) in [4.78, 5) is 17.0. The first-order valence-corrected chi connectivity index (χ1v) is 7.46. The lowest BCUT2D eigenvalue weighted by Gasteiger charge is -2.25. The van der Waals surface area contributed by atoms with E-state index in [-0.39, 0.29) is 5.91 Å². The van der Waals surface area contributed by atoms with Crippen molar-refractivity contribution in [3.63, 3.8) is 0 Å². The van der Waals surface area contributed by atoms with Crippen LogP contribution in [0.2, 0.25) is 0 Å². The number of likely N-dealkylation sites (tertiary alicyclic amines) is 1. The molecule has 3 N–H and O–H groups in total. The largest absolute Gasteiger partial charge is 0.302 e. The van der Waals surface area contributed by atoms with E-state index in [1.54, 1.807) is 0 Å². The van der Waals surface area contributed by atoms with Crippen LogP contribution < -0.4 is 11.3 Å². The van der Waals surface area contributed by atoms with Crippen LogP contribution in [-0.2, 0) is 6.54 Å². The van der Waals surface area contributed by atoms with E-state index in [1.165, 1.54) is 30.7 Å². The van der Waals surface area contributed by atoms with E-state index in [0.29, 0.717) is 10.9 Å². The molecular weight excluding hydrogens is 260 g/mol. The highest BCUT2D eigenvalue weighted by molar-refractivity contribution is 7.12. The molecule has 1 aliphatic rings. The van der Waals surface area contributed by atoms with Crippen LogP contribution in [0.4, 0.5) is 0 Å².